The monoisotopic (exact) mass is 247 g/mol. The first-order valence-electron chi connectivity index (χ1n) is 5.16. The van der Waals surface area contributed by atoms with Crippen molar-refractivity contribution in [3.05, 3.63) is 39.8 Å². The molecule has 1 aromatic heterocycles. The van der Waals surface area contributed by atoms with E-state index in [0.29, 0.717) is 11.4 Å². The Labute approximate surface area is 103 Å². The van der Waals surface area contributed by atoms with E-state index in [-0.39, 0.29) is 5.91 Å². The predicted molar refractivity (Wildman–Crippen MR) is 70.4 cm³/mol. The standard InChI is InChI=1S/C12H13N3OS/c1-7-3-4-9(13)5-10(7)15-12(16)11-6-17-8(2)14-11/h3-6H,13H2,1-2H3,(H,15,16). The molecule has 5 heteroatoms. The number of nitrogens with one attached hydrogen (secondary N) is 1. The molecule has 1 aromatic carbocycles. The van der Waals surface area contributed by atoms with Gasteiger partial charge in [0.2, 0.25) is 0 Å². The Morgan fingerprint density at radius 1 is 1.41 bits per heavy atom. The van der Waals surface area contributed by atoms with Crippen LogP contribution in [0.1, 0.15) is 21.1 Å². The van der Waals surface area contributed by atoms with E-state index in [1.54, 1.807) is 17.5 Å². The number of hydrogen-bond donors (Lipinski definition) is 2. The number of anilines is 2. The Morgan fingerprint density at radius 2 is 2.18 bits per heavy atom. The van der Waals surface area contributed by atoms with Gasteiger partial charge in [0.25, 0.3) is 5.91 Å². The van der Waals surface area contributed by atoms with Gasteiger partial charge in [-0.2, -0.15) is 0 Å². The summed E-state index contributed by atoms with van der Waals surface area (Å²) < 4.78 is 0. The summed E-state index contributed by atoms with van der Waals surface area (Å²) >= 11 is 1.45. The number of carbonyl (C=O) groups excluding carboxylic acids is 1. The second kappa shape index (κ2) is 4.55. The molecule has 0 aliphatic heterocycles. The van der Waals surface area contributed by atoms with Crippen LogP contribution < -0.4 is 11.1 Å². The molecule has 0 radical (unpaired) electrons. The van der Waals surface area contributed by atoms with Crippen LogP contribution in [0.3, 0.4) is 0 Å². The molecule has 2 aromatic rings. The maximum Gasteiger partial charge on any atom is 0.275 e. The third-order valence-corrected chi connectivity index (χ3v) is 3.13. The van der Waals surface area contributed by atoms with Gasteiger partial charge in [-0.1, -0.05) is 6.07 Å². The molecule has 4 nitrogen and oxygen atoms in total. The second-order valence-electron chi connectivity index (χ2n) is 3.78. The molecule has 0 fully saturated rings. The summed E-state index contributed by atoms with van der Waals surface area (Å²) in [5.41, 5.74) is 8.44. The van der Waals surface area contributed by atoms with Crippen molar-refractivity contribution in [3.8, 4) is 0 Å². The van der Waals surface area contributed by atoms with Gasteiger partial charge in [0.1, 0.15) is 5.69 Å². The average molecular weight is 247 g/mol. The van der Waals surface area contributed by atoms with Gasteiger partial charge in [-0.05, 0) is 31.5 Å². The highest BCUT2D eigenvalue weighted by Gasteiger charge is 2.10. The lowest BCUT2D eigenvalue weighted by Crippen LogP contribution is -2.13. The number of benzene rings is 1. The zero-order valence-electron chi connectivity index (χ0n) is 9.65. The molecule has 0 saturated carbocycles. The van der Waals surface area contributed by atoms with Gasteiger partial charge < -0.3 is 11.1 Å². The van der Waals surface area contributed by atoms with E-state index in [1.165, 1.54) is 11.3 Å². The van der Waals surface area contributed by atoms with Crippen LogP contribution in [0.5, 0.6) is 0 Å². The number of aryl methyl sites for hydroxylation is 2. The first-order valence-corrected chi connectivity index (χ1v) is 6.04. The lowest BCUT2D eigenvalue weighted by Gasteiger charge is -2.07. The predicted octanol–water partition coefficient (Wildman–Crippen LogP) is 2.59. The molecule has 1 amide bonds. The average Bonchev–Trinajstić information content (AvgIpc) is 2.70. The zero-order chi connectivity index (χ0) is 12.4. The van der Waals surface area contributed by atoms with Crippen molar-refractivity contribution >= 4 is 28.6 Å². The molecule has 0 atom stereocenters. The summed E-state index contributed by atoms with van der Waals surface area (Å²) in [7, 11) is 0. The number of nitrogens with zero attached hydrogens (tertiary/aromatic N) is 1. The maximum absolute atomic E-state index is 11.9. The fraction of sp³-hybridized carbons (Fsp3) is 0.167. The Kier molecular flexibility index (Phi) is 3.10. The molecule has 0 unspecified atom stereocenters. The van der Waals surface area contributed by atoms with E-state index in [4.69, 9.17) is 5.73 Å². The largest absolute Gasteiger partial charge is 0.399 e. The molecular formula is C12H13N3OS. The quantitative estimate of drug-likeness (QED) is 0.801. The van der Waals surface area contributed by atoms with Crippen LogP contribution in [0.15, 0.2) is 23.6 Å². The molecule has 0 aliphatic carbocycles. The number of nitrogen functional groups attached to an aromatic ring is 1. The van der Waals surface area contributed by atoms with Gasteiger partial charge in [-0.15, -0.1) is 11.3 Å². The first kappa shape index (κ1) is 11.6. The molecule has 88 valence electrons. The van der Waals surface area contributed by atoms with Crippen LogP contribution in [0.2, 0.25) is 0 Å². The zero-order valence-corrected chi connectivity index (χ0v) is 10.5. The van der Waals surface area contributed by atoms with Crippen LogP contribution >= 0.6 is 11.3 Å². The number of hydrogen-bond acceptors (Lipinski definition) is 4. The Bertz CT molecular complexity index is 563. The van der Waals surface area contributed by atoms with E-state index in [2.05, 4.69) is 10.3 Å². The third kappa shape index (κ3) is 2.62. The number of nitrogens with two attached hydrogens (primary N) is 1. The highest BCUT2D eigenvalue weighted by molar-refractivity contribution is 7.09. The van der Waals surface area contributed by atoms with E-state index in [9.17, 15) is 4.79 Å². The Hall–Kier alpha value is -1.88. The summed E-state index contributed by atoms with van der Waals surface area (Å²) in [4.78, 5) is 16.0. The van der Waals surface area contributed by atoms with Crippen LogP contribution in [-0.4, -0.2) is 10.9 Å². The molecule has 2 rings (SSSR count). The van der Waals surface area contributed by atoms with E-state index < -0.39 is 0 Å². The number of carbonyl (C=O) groups is 1. The van der Waals surface area contributed by atoms with Crippen molar-refractivity contribution in [3.63, 3.8) is 0 Å². The number of thiazole rings is 1. The van der Waals surface area contributed by atoms with E-state index in [1.807, 2.05) is 19.9 Å². The molecule has 0 bridgehead atoms. The summed E-state index contributed by atoms with van der Waals surface area (Å²) in [6.45, 7) is 3.79. The minimum Gasteiger partial charge on any atom is -0.399 e. The van der Waals surface area contributed by atoms with Crippen molar-refractivity contribution in [1.82, 2.24) is 4.98 Å². The van der Waals surface area contributed by atoms with Crippen molar-refractivity contribution in [2.24, 2.45) is 0 Å². The highest BCUT2D eigenvalue weighted by Crippen LogP contribution is 2.19. The van der Waals surface area contributed by atoms with Crippen LogP contribution in [0.25, 0.3) is 0 Å². The van der Waals surface area contributed by atoms with Crippen molar-refractivity contribution < 1.29 is 4.79 Å². The normalized spacial score (nSPS) is 10.2. The van der Waals surface area contributed by atoms with Crippen LogP contribution in [0, 0.1) is 13.8 Å². The summed E-state index contributed by atoms with van der Waals surface area (Å²) in [5.74, 6) is -0.206. The summed E-state index contributed by atoms with van der Waals surface area (Å²) in [6, 6.07) is 5.42. The lowest BCUT2D eigenvalue weighted by atomic mass is 10.2. The third-order valence-electron chi connectivity index (χ3n) is 2.36. The summed E-state index contributed by atoms with van der Waals surface area (Å²) in [6.07, 6.45) is 0. The van der Waals surface area contributed by atoms with Gasteiger partial charge in [0.15, 0.2) is 0 Å². The highest BCUT2D eigenvalue weighted by atomic mass is 32.1. The minimum atomic E-state index is -0.206. The van der Waals surface area contributed by atoms with Crippen LogP contribution in [0.4, 0.5) is 11.4 Å². The molecule has 3 N–H and O–H groups in total. The van der Waals surface area contributed by atoms with Crippen molar-refractivity contribution in [2.75, 3.05) is 11.1 Å². The van der Waals surface area contributed by atoms with Gasteiger partial charge in [0, 0.05) is 16.8 Å². The smallest absolute Gasteiger partial charge is 0.275 e. The molecule has 0 spiro atoms. The van der Waals surface area contributed by atoms with Crippen molar-refractivity contribution in [2.45, 2.75) is 13.8 Å². The first-order chi connectivity index (χ1) is 8.06. The van der Waals surface area contributed by atoms with Gasteiger partial charge in [-0.25, -0.2) is 4.98 Å². The molecule has 0 saturated heterocycles. The van der Waals surface area contributed by atoms with Crippen LogP contribution in [-0.2, 0) is 0 Å². The molecular weight excluding hydrogens is 234 g/mol. The molecule has 0 aliphatic rings. The van der Waals surface area contributed by atoms with Gasteiger partial charge >= 0.3 is 0 Å². The number of aromatic nitrogens is 1. The van der Waals surface area contributed by atoms with E-state index >= 15 is 0 Å². The Morgan fingerprint density at radius 3 is 2.82 bits per heavy atom. The fourth-order valence-corrected chi connectivity index (χ4v) is 2.02. The summed E-state index contributed by atoms with van der Waals surface area (Å²) in [5, 5.41) is 5.42. The lowest BCUT2D eigenvalue weighted by molar-refractivity contribution is 0.102. The fourth-order valence-electron chi connectivity index (χ4n) is 1.43. The van der Waals surface area contributed by atoms with Crippen molar-refractivity contribution in [1.29, 1.82) is 0 Å². The number of amides is 1. The Balaban J connectivity index is 2.21. The second-order valence-corrected chi connectivity index (χ2v) is 4.84. The minimum absolute atomic E-state index is 0.206. The topological polar surface area (TPSA) is 68.0 Å². The van der Waals surface area contributed by atoms with Gasteiger partial charge in [0.05, 0.1) is 5.01 Å². The van der Waals surface area contributed by atoms with Gasteiger partial charge in [-0.3, -0.25) is 4.79 Å². The molecule has 1 heterocycles. The maximum atomic E-state index is 11.9. The number of rotatable bonds is 2. The SMILES string of the molecule is Cc1nc(C(=O)Nc2cc(N)ccc2C)cs1. The molecule has 17 heavy (non-hydrogen) atoms. The van der Waals surface area contributed by atoms with E-state index in [0.717, 1.165) is 16.3 Å².